The minimum atomic E-state index is -0.0840. The Balaban J connectivity index is 1.89. The zero-order valence-corrected chi connectivity index (χ0v) is 13.1. The van der Waals surface area contributed by atoms with Crippen LogP contribution >= 0.6 is 22.9 Å². The van der Waals surface area contributed by atoms with Crippen molar-refractivity contribution in [2.45, 2.75) is 13.1 Å². The first-order chi connectivity index (χ1) is 9.54. The van der Waals surface area contributed by atoms with Gasteiger partial charge in [0.25, 0.3) is 5.91 Å². The first kappa shape index (κ1) is 15.0. The lowest BCUT2D eigenvalue weighted by Crippen LogP contribution is -2.21. The fraction of sp³-hybridized carbons (Fsp3) is 0.267. The smallest absolute Gasteiger partial charge is 0.261 e. The van der Waals surface area contributed by atoms with E-state index in [1.807, 2.05) is 26.2 Å². The molecule has 0 aliphatic heterocycles. The van der Waals surface area contributed by atoms with Gasteiger partial charge in [-0.15, -0.1) is 11.3 Å². The highest BCUT2D eigenvalue weighted by molar-refractivity contribution is 7.17. The molecule has 0 radical (unpaired) electrons. The highest BCUT2D eigenvalue weighted by Gasteiger charge is 2.08. The molecule has 0 aliphatic carbocycles. The van der Waals surface area contributed by atoms with Gasteiger partial charge in [0, 0.05) is 13.1 Å². The number of hydrogen-bond acceptors (Lipinski definition) is 3. The average molecular weight is 309 g/mol. The molecule has 0 saturated carbocycles. The average Bonchev–Trinajstić information content (AvgIpc) is 2.84. The van der Waals surface area contributed by atoms with E-state index in [0.717, 1.165) is 12.1 Å². The van der Waals surface area contributed by atoms with E-state index in [0.29, 0.717) is 15.8 Å². The number of benzene rings is 1. The number of carbonyl (C=O) groups excluding carboxylic acids is 1. The predicted molar refractivity (Wildman–Crippen MR) is 84.3 cm³/mol. The lowest BCUT2D eigenvalue weighted by atomic mass is 10.1. The number of hydrogen-bond donors (Lipinski definition) is 1. The van der Waals surface area contributed by atoms with Crippen LogP contribution in [0, 0.1) is 0 Å². The molecular formula is C15H17ClN2OS. The second-order valence-corrected chi connectivity index (χ2v) is 6.56. The molecule has 20 heavy (non-hydrogen) atoms. The van der Waals surface area contributed by atoms with E-state index in [1.54, 1.807) is 12.1 Å². The number of thiophene rings is 1. The van der Waals surface area contributed by atoms with Crippen molar-refractivity contribution in [2.24, 2.45) is 0 Å². The van der Waals surface area contributed by atoms with Gasteiger partial charge in [0.15, 0.2) is 0 Å². The van der Waals surface area contributed by atoms with Gasteiger partial charge in [-0.25, -0.2) is 0 Å². The summed E-state index contributed by atoms with van der Waals surface area (Å²) in [6.45, 7) is 1.44. The standard InChI is InChI=1S/C15H17ClN2OS/c1-18(2)10-12-5-3-11(4-6-12)9-17-15(19)13-7-8-14(16)20-13/h3-8H,9-10H2,1-2H3,(H,17,19). The van der Waals surface area contributed by atoms with Crippen LogP contribution in [0.15, 0.2) is 36.4 Å². The zero-order valence-electron chi connectivity index (χ0n) is 11.5. The Bertz CT molecular complexity index is 578. The van der Waals surface area contributed by atoms with E-state index >= 15 is 0 Å². The quantitative estimate of drug-likeness (QED) is 0.918. The van der Waals surface area contributed by atoms with Crippen molar-refractivity contribution < 1.29 is 4.79 Å². The van der Waals surface area contributed by atoms with Crippen LogP contribution < -0.4 is 5.32 Å². The SMILES string of the molecule is CN(C)Cc1ccc(CNC(=O)c2ccc(Cl)s2)cc1. The normalized spacial score (nSPS) is 10.8. The molecule has 5 heteroatoms. The van der Waals surface area contributed by atoms with E-state index in [2.05, 4.69) is 22.3 Å². The topological polar surface area (TPSA) is 32.3 Å². The molecule has 1 heterocycles. The van der Waals surface area contributed by atoms with Gasteiger partial charge >= 0.3 is 0 Å². The van der Waals surface area contributed by atoms with Crippen molar-refractivity contribution in [3.8, 4) is 0 Å². The van der Waals surface area contributed by atoms with E-state index in [-0.39, 0.29) is 5.91 Å². The summed E-state index contributed by atoms with van der Waals surface area (Å²) in [5.41, 5.74) is 2.35. The van der Waals surface area contributed by atoms with Gasteiger partial charge in [-0.2, -0.15) is 0 Å². The van der Waals surface area contributed by atoms with Crippen LogP contribution in [0.5, 0.6) is 0 Å². The van der Waals surface area contributed by atoms with E-state index in [9.17, 15) is 4.79 Å². The molecule has 0 aliphatic rings. The molecule has 0 fully saturated rings. The van der Waals surface area contributed by atoms with Crippen molar-refractivity contribution in [1.82, 2.24) is 10.2 Å². The second-order valence-electron chi connectivity index (χ2n) is 4.84. The molecule has 1 aromatic carbocycles. The van der Waals surface area contributed by atoms with Crippen molar-refractivity contribution in [3.63, 3.8) is 0 Å². The third kappa shape index (κ3) is 4.34. The maximum atomic E-state index is 11.9. The summed E-state index contributed by atoms with van der Waals surface area (Å²) < 4.78 is 0.628. The fourth-order valence-electron chi connectivity index (χ4n) is 1.83. The number of amides is 1. The van der Waals surface area contributed by atoms with Crippen LogP contribution in [0.2, 0.25) is 4.34 Å². The summed E-state index contributed by atoms with van der Waals surface area (Å²) in [5, 5.41) is 2.89. The molecule has 0 spiro atoms. The Morgan fingerprint density at radius 2 is 1.80 bits per heavy atom. The van der Waals surface area contributed by atoms with Crippen LogP contribution in [-0.4, -0.2) is 24.9 Å². The first-order valence-electron chi connectivity index (χ1n) is 6.30. The van der Waals surface area contributed by atoms with Crippen LogP contribution in [0.3, 0.4) is 0 Å². The number of carbonyl (C=O) groups is 1. The highest BCUT2D eigenvalue weighted by Crippen LogP contribution is 2.21. The Morgan fingerprint density at radius 1 is 1.15 bits per heavy atom. The van der Waals surface area contributed by atoms with Gasteiger partial charge in [0.05, 0.1) is 9.21 Å². The lowest BCUT2D eigenvalue weighted by molar-refractivity contribution is 0.0955. The number of nitrogens with zero attached hydrogens (tertiary/aromatic N) is 1. The zero-order chi connectivity index (χ0) is 14.5. The summed E-state index contributed by atoms with van der Waals surface area (Å²) in [7, 11) is 4.08. The largest absolute Gasteiger partial charge is 0.347 e. The van der Waals surface area contributed by atoms with E-state index < -0.39 is 0 Å². The minimum Gasteiger partial charge on any atom is -0.347 e. The minimum absolute atomic E-state index is 0.0840. The molecule has 1 N–H and O–H groups in total. The summed E-state index contributed by atoms with van der Waals surface area (Å²) in [5.74, 6) is -0.0840. The molecule has 3 nitrogen and oxygen atoms in total. The first-order valence-corrected chi connectivity index (χ1v) is 7.50. The fourth-order valence-corrected chi connectivity index (χ4v) is 2.79. The van der Waals surface area contributed by atoms with Gasteiger partial charge in [-0.3, -0.25) is 4.79 Å². The Hall–Kier alpha value is -1.36. The maximum Gasteiger partial charge on any atom is 0.261 e. The van der Waals surface area contributed by atoms with Crippen molar-refractivity contribution >= 4 is 28.8 Å². The Labute approximate surface area is 128 Å². The molecule has 106 valence electrons. The number of nitrogens with one attached hydrogen (secondary N) is 1. The molecule has 0 atom stereocenters. The maximum absolute atomic E-state index is 11.9. The Morgan fingerprint density at radius 3 is 2.35 bits per heavy atom. The van der Waals surface area contributed by atoms with Gasteiger partial charge in [0.2, 0.25) is 0 Å². The van der Waals surface area contributed by atoms with Crippen molar-refractivity contribution in [2.75, 3.05) is 14.1 Å². The molecule has 1 amide bonds. The third-order valence-electron chi connectivity index (χ3n) is 2.77. The van der Waals surface area contributed by atoms with Crippen LogP contribution in [0.1, 0.15) is 20.8 Å². The van der Waals surface area contributed by atoms with E-state index in [4.69, 9.17) is 11.6 Å². The molecule has 1 aromatic heterocycles. The summed E-state index contributed by atoms with van der Waals surface area (Å²) in [4.78, 5) is 14.6. The van der Waals surface area contributed by atoms with Crippen LogP contribution in [0.25, 0.3) is 0 Å². The lowest BCUT2D eigenvalue weighted by Gasteiger charge is -2.10. The van der Waals surface area contributed by atoms with Gasteiger partial charge in [0.1, 0.15) is 0 Å². The third-order valence-corrected chi connectivity index (χ3v) is 4.00. The molecule has 0 bridgehead atoms. The van der Waals surface area contributed by atoms with Crippen LogP contribution in [0.4, 0.5) is 0 Å². The summed E-state index contributed by atoms with van der Waals surface area (Å²) in [6.07, 6.45) is 0. The molecule has 0 saturated heterocycles. The highest BCUT2D eigenvalue weighted by atomic mass is 35.5. The molecule has 2 rings (SSSR count). The molecular weight excluding hydrogens is 292 g/mol. The van der Waals surface area contributed by atoms with Crippen LogP contribution in [-0.2, 0) is 13.1 Å². The monoisotopic (exact) mass is 308 g/mol. The van der Waals surface area contributed by atoms with Gasteiger partial charge in [-0.05, 0) is 37.4 Å². The number of rotatable bonds is 5. The Kier molecular flexibility index (Phi) is 5.17. The molecule has 0 unspecified atom stereocenters. The van der Waals surface area contributed by atoms with Crippen molar-refractivity contribution in [3.05, 3.63) is 56.7 Å². The predicted octanol–water partition coefficient (Wildman–Crippen LogP) is 3.39. The summed E-state index contributed by atoms with van der Waals surface area (Å²) in [6, 6.07) is 11.7. The van der Waals surface area contributed by atoms with Gasteiger partial charge in [-0.1, -0.05) is 35.9 Å². The van der Waals surface area contributed by atoms with E-state index in [1.165, 1.54) is 16.9 Å². The number of halogens is 1. The van der Waals surface area contributed by atoms with Crippen molar-refractivity contribution in [1.29, 1.82) is 0 Å². The molecule has 2 aromatic rings. The van der Waals surface area contributed by atoms with Gasteiger partial charge < -0.3 is 10.2 Å². The summed E-state index contributed by atoms with van der Waals surface area (Å²) >= 11 is 7.10. The second kappa shape index (κ2) is 6.88.